The summed E-state index contributed by atoms with van der Waals surface area (Å²) < 4.78 is 51.3. The van der Waals surface area contributed by atoms with Crippen LogP contribution in [0.15, 0.2) is 18.3 Å². The van der Waals surface area contributed by atoms with Crippen LogP contribution in [-0.4, -0.2) is 23.7 Å². The Morgan fingerprint density at radius 3 is 2.39 bits per heavy atom. The van der Waals surface area contributed by atoms with Gasteiger partial charge in [0.05, 0.1) is 5.56 Å². The second-order valence-corrected chi connectivity index (χ2v) is 4.61. The van der Waals surface area contributed by atoms with E-state index in [2.05, 4.69) is 10.3 Å². The lowest BCUT2D eigenvalue weighted by Crippen LogP contribution is -2.40. The molecule has 1 N–H and O–H groups in total. The predicted molar refractivity (Wildman–Crippen MR) is 58.9 cm³/mol. The summed E-state index contributed by atoms with van der Waals surface area (Å²) in [6.07, 6.45) is -2.81. The van der Waals surface area contributed by atoms with Gasteiger partial charge in [0.15, 0.2) is 0 Å². The Balaban J connectivity index is 2.06. The van der Waals surface area contributed by atoms with Crippen LogP contribution in [-0.2, 0) is 12.6 Å². The molecule has 2 heterocycles. The number of piperidine rings is 1. The van der Waals surface area contributed by atoms with E-state index in [4.69, 9.17) is 0 Å². The van der Waals surface area contributed by atoms with Crippen molar-refractivity contribution in [3.8, 4) is 0 Å². The first-order valence-corrected chi connectivity index (χ1v) is 5.81. The van der Waals surface area contributed by atoms with Gasteiger partial charge in [0.25, 0.3) is 0 Å². The number of pyridine rings is 1. The molecule has 0 aliphatic carbocycles. The minimum atomic E-state index is -4.40. The van der Waals surface area contributed by atoms with Gasteiger partial charge in [0, 0.05) is 18.3 Å². The standard InChI is InChI=1S/C12H14F4N2/c13-11(3-5-17-6-4-11)7-10-2-1-9(8-18-10)12(14,15)16/h1-2,8,17H,3-7H2. The van der Waals surface area contributed by atoms with Crippen molar-refractivity contribution in [2.45, 2.75) is 31.1 Å². The zero-order valence-corrected chi connectivity index (χ0v) is 9.73. The van der Waals surface area contributed by atoms with Crippen LogP contribution in [0.4, 0.5) is 17.6 Å². The van der Waals surface area contributed by atoms with Crippen molar-refractivity contribution in [2.24, 2.45) is 0 Å². The quantitative estimate of drug-likeness (QED) is 0.829. The summed E-state index contributed by atoms with van der Waals surface area (Å²) in [6.45, 7) is 1.19. The highest BCUT2D eigenvalue weighted by molar-refractivity contribution is 5.18. The van der Waals surface area contributed by atoms with E-state index in [1.165, 1.54) is 6.07 Å². The van der Waals surface area contributed by atoms with Crippen LogP contribution < -0.4 is 5.32 Å². The summed E-state index contributed by atoms with van der Waals surface area (Å²) in [5, 5.41) is 3.05. The molecule has 0 radical (unpaired) electrons. The first kappa shape index (κ1) is 13.3. The van der Waals surface area contributed by atoms with Crippen LogP contribution in [0, 0.1) is 0 Å². The first-order valence-electron chi connectivity index (χ1n) is 5.81. The smallest absolute Gasteiger partial charge is 0.316 e. The van der Waals surface area contributed by atoms with Gasteiger partial charge >= 0.3 is 6.18 Å². The van der Waals surface area contributed by atoms with E-state index in [1.54, 1.807) is 0 Å². The molecule has 0 aromatic carbocycles. The molecule has 1 fully saturated rings. The zero-order valence-electron chi connectivity index (χ0n) is 9.73. The Hall–Kier alpha value is -1.17. The third-order valence-corrected chi connectivity index (χ3v) is 3.15. The summed E-state index contributed by atoms with van der Waals surface area (Å²) in [6, 6.07) is 2.21. The van der Waals surface area contributed by atoms with E-state index in [-0.39, 0.29) is 6.42 Å². The van der Waals surface area contributed by atoms with Gasteiger partial charge in [-0.15, -0.1) is 0 Å². The van der Waals surface area contributed by atoms with E-state index in [9.17, 15) is 17.6 Å². The molecule has 1 aliphatic heterocycles. The molecular weight excluding hydrogens is 248 g/mol. The second kappa shape index (κ2) is 4.84. The molecule has 1 saturated heterocycles. The monoisotopic (exact) mass is 262 g/mol. The molecule has 6 heteroatoms. The number of rotatable bonds is 2. The minimum absolute atomic E-state index is 0.0762. The van der Waals surface area contributed by atoms with Gasteiger partial charge in [-0.3, -0.25) is 4.98 Å². The Morgan fingerprint density at radius 1 is 1.22 bits per heavy atom. The van der Waals surface area contributed by atoms with E-state index in [0.717, 1.165) is 12.3 Å². The lowest BCUT2D eigenvalue weighted by Gasteiger charge is -2.29. The second-order valence-electron chi connectivity index (χ2n) is 4.61. The number of halogens is 4. The fraction of sp³-hybridized carbons (Fsp3) is 0.583. The van der Waals surface area contributed by atoms with Crippen LogP contribution in [0.1, 0.15) is 24.1 Å². The van der Waals surface area contributed by atoms with Crippen LogP contribution >= 0.6 is 0 Å². The summed E-state index contributed by atoms with van der Waals surface area (Å²) in [5.41, 5.74) is -1.78. The first-order chi connectivity index (χ1) is 8.39. The maximum absolute atomic E-state index is 14.3. The molecule has 2 rings (SSSR count). The molecule has 18 heavy (non-hydrogen) atoms. The molecule has 0 unspecified atom stereocenters. The third kappa shape index (κ3) is 3.19. The SMILES string of the molecule is FC1(Cc2ccc(C(F)(F)F)cn2)CCNCC1. The van der Waals surface area contributed by atoms with Crippen LogP contribution in [0.3, 0.4) is 0 Å². The zero-order chi connectivity index (χ0) is 13.2. The molecule has 0 amide bonds. The molecular formula is C12H14F4N2. The topological polar surface area (TPSA) is 24.9 Å². The molecule has 0 bridgehead atoms. The Labute approximate surface area is 102 Å². The number of nitrogens with one attached hydrogen (secondary N) is 1. The highest BCUT2D eigenvalue weighted by Gasteiger charge is 2.33. The van der Waals surface area contributed by atoms with Crippen molar-refractivity contribution >= 4 is 0 Å². The van der Waals surface area contributed by atoms with Crippen molar-refractivity contribution in [3.63, 3.8) is 0 Å². The van der Waals surface area contributed by atoms with Gasteiger partial charge in [-0.2, -0.15) is 13.2 Å². The highest BCUT2D eigenvalue weighted by Crippen LogP contribution is 2.30. The largest absolute Gasteiger partial charge is 0.417 e. The van der Waals surface area contributed by atoms with Crippen molar-refractivity contribution in [3.05, 3.63) is 29.6 Å². The fourth-order valence-electron chi connectivity index (χ4n) is 2.07. The summed E-state index contributed by atoms with van der Waals surface area (Å²) in [4.78, 5) is 3.70. The van der Waals surface area contributed by atoms with Gasteiger partial charge in [0.1, 0.15) is 5.67 Å². The molecule has 0 saturated carbocycles. The summed E-state index contributed by atoms with van der Waals surface area (Å²) >= 11 is 0. The maximum Gasteiger partial charge on any atom is 0.417 e. The third-order valence-electron chi connectivity index (χ3n) is 3.15. The van der Waals surface area contributed by atoms with Crippen LogP contribution in [0.2, 0.25) is 0 Å². The molecule has 0 spiro atoms. The Kier molecular flexibility index (Phi) is 3.56. The van der Waals surface area contributed by atoms with Gasteiger partial charge in [-0.1, -0.05) is 0 Å². The van der Waals surface area contributed by atoms with E-state index >= 15 is 0 Å². The number of aromatic nitrogens is 1. The average molecular weight is 262 g/mol. The van der Waals surface area contributed by atoms with Crippen molar-refractivity contribution in [1.29, 1.82) is 0 Å². The van der Waals surface area contributed by atoms with E-state index < -0.39 is 17.4 Å². The maximum atomic E-state index is 14.3. The Morgan fingerprint density at radius 2 is 1.89 bits per heavy atom. The molecule has 100 valence electrons. The molecule has 1 aromatic heterocycles. The van der Waals surface area contributed by atoms with Crippen LogP contribution in [0.25, 0.3) is 0 Å². The van der Waals surface area contributed by atoms with Gasteiger partial charge in [0.2, 0.25) is 0 Å². The van der Waals surface area contributed by atoms with Crippen LogP contribution in [0.5, 0.6) is 0 Å². The molecule has 1 aromatic rings. The van der Waals surface area contributed by atoms with E-state index in [1.807, 2.05) is 0 Å². The number of alkyl halides is 4. The Bertz CT molecular complexity index is 394. The number of nitrogens with zero attached hydrogens (tertiary/aromatic N) is 1. The summed E-state index contributed by atoms with van der Waals surface area (Å²) in [5.74, 6) is 0. The predicted octanol–water partition coefficient (Wildman–Crippen LogP) is 2.73. The highest BCUT2D eigenvalue weighted by atomic mass is 19.4. The van der Waals surface area contributed by atoms with Crippen molar-refractivity contribution in [1.82, 2.24) is 10.3 Å². The van der Waals surface area contributed by atoms with E-state index in [0.29, 0.717) is 31.6 Å². The average Bonchev–Trinajstić information content (AvgIpc) is 2.29. The molecule has 2 nitrogen and oxygen atoms in total. The summed E-state index contributed by atoms with van der Waals surface area (Å²) in [7, 11) is 0. The van der Waals surface area contributed by atoms with Gasteiger partial charge < -0.3 is 5.32 Å². The fourth-order valence-corrected chi connectivity index (χ4v) is 2.07. The molecule has 0 atom stereocenters. The van der Waals surface area contributed by atoms with Crippen molar-refractivity contribution < 1.29 is 17.6 Å². The lowest BCUT2D eigenvalue weighted by molar-refractivity contribution is -0.137. The molecule has 1 aliphatic rings. The van der Waals surface area contributed by atoms with Gasteiger partial charge in [-0.05, 0) is 38.1 Å². The normalized spacial score (nSPS) is 19.8. The lowest BCUT2D eigenvalue weighted by atomic mass is 9.89. The minimum Gasteiger partial charge on any atom is -0.316 e. The van der Waals surface area contributed by atoms with Crippen molar-refractivity contribution in [2.75, 3.05) is 13.1 Å². The number of hydrogen-bond acceptors (Lipinski definition) is 2. The number of hydrogen-bond donors (Lipinski definition) is 1. The van der Waals surface area contributed by atoms with Gasteiger partial charge in [-0.25, -0.2) is 4.39 Å².